The first-order valence-electron chi connectivity index (χ1n) is 9.76. The summed E-state index contributed by atoms with van der Waals surface area (Å²) in [4.78, 5) is 7.96. The first-order chi connectivity index (χ1) is 14.4. The molecule has 6 nitrogen and oxygen atoms in total. The maximum atomic E-state index is 5.27. The average molecular weight is 381 g/mol. The summed E-state index contributed by atoms with van der Waals surface area (Å²) in [6.45, 7) is 1.95. The number of aromatic nitrogens is 4. The predicted molar refractivity (Wildman–Crippen MR) is 114 cm³/mol. The van der Waals surface area contributed by atoms with Gasteiger partial charge in [-0.25, -0.2) is 4.98 Å². The van der Waals surface area contributed by atoms with Crippen LogP contribution in [0, 0.1) is 0 Å². The summed E-state index contributed by atoms with van der Waals surface area (Å²) in [5, 5.41) is 13.3. The Balaban J connectivity index is 1.50. The van der Waals surface area contributed by atoms with Crippen LogP contribution in [0.4, 0.5) is 0 Å². The molecule has 6 heteroatoms. The Labute approximate surface area is 166 Å². The van der Waals surface area contributed by atoms with Crippen molar-refractivity contribution in [1.29, 1.82) is 0 Å². The third kappa shape index (κ3) is 2.68. The van der Waals surface area contributed by atoms with Gasteiger partial charge in [0.15, 0.2) is 0 Å². The molecule has 0 unspecified atom stereocenters. The van der Waals surface area contributed by atoms with E-state index in [0.717, 1.165) is 64.0 Å². The zero-order chi connectivity index (χ0) is 19.2. The zero-order valence-corrected chi connectivity index (χ0v) is 15.7. The number of pyridine rings is 1. The number of rotatable bonds is 3. The minimum absolute atomic E-state index is 0.840. The van der Waals surface area contributed by atoms with Crippen molar-refractivity contribution in [3.8, 4) is 22.5 Å². The van der Waals surface area contributed by atoms with E-state index in [1.165, 1.54) is 11.1 Å². The molecule has 0 saturated carbocycles. The smallest absolute Gasteiger partial charge is 0.138 e. The molecule has 29 heavy (non-hydrogen) atoms. The van der Waals surface area contributed by atoms with Gasteiger partial charge in [0.1, 0.15) is 11.3 Å². The van der Waals surface area contributed by atoms with Gasteiger partial charge in [0.05, 0.1) is 23.7 Å². The lowest BCUT2D eigenvalue weighted by molar-refractivity contribution is 0.568. The van der Waals surface area contributed by atoms with Crippen LogP contribution < -0.4 is 5.32 Å². The van der Waals surface area contributed by atoms with E-state index in [1.807, 2.05) is 18.3 Å². The Morgan fingerprint density at radius 1 is 1.00 bits per heavy atom. The van der Waals surface area contributed by atoms with Gasteiger partial charge in [0.25, 0.3) is 0 Å². The van der Waals surface area contributed by atoms with Crippen molar-refractivity contribution in [2.75, 3.05) is 13.1 Å². The fourth-order valence-electron chi connectivity index (χ4n) is 4.13. The van der Waals surface area contributed by atoms with Crippen molar-refractivity contribution in [1.82, 2.24) is 25.5 Å². The van der Waals surface area contributed by atoms with Crippen LogP contribution in [0.25, 0.3) is 50.0 Å². The fraction of sp³-hybridized carbons (Fsp3) is 0.130. The lowest BCUT2D eigenvalue weighted by Crippen LogP contribution is -2.19. The number of H-pyrrole nitrogens is 2. The largest absolute Gasteiger partial charge is 0.472 e. The van der Waals surface area contributed by atoms with Crippen LogP contribution >= 0.6 is 0 Å². The van der Waals surface area contributed by atoms with Crippen molar-refractivity contribution in [2.24, 2.45) is 0 Å². The number of fused-ring (bicyclic) bond motifs is 2. The molecule has 0 spiro atoms. The number of hydrogen-bond donors (Lipinski definition) is 3. The lowest BCUT2D eigenvalue weighted by Gasteiger charge is -2.14. The summed E-state index contributed by atoms with van der Waals surface area (Å²) in [6.07, 6.45) is 8.57. The van der Waals surface area contributed by atoms with Crippen molar-refractivity contribution in [3.05, 3.63) is 66.8 Å². The van der Waals surface area contributed by atoms with E-state index in [9.17, 15) is 0 Å². The number of nitrogens with one attached hydrogen (secondary N) is 3. The van der Waals surface area contributed by atoms with Gasteiger partial charge >= 0.3 is 0 Å². The highest BCUT2D eigenvalue weighted by molar-refractivity contribution is 6.00. The molecule has 1 aliphatic heterocycles. The maximum absolute atomic E-state index is 5.27. The normalized spacial score (nSPS) is 14.6. The highest BCUT2D eigenvalue weighted by Gasteiger charge is 2.16. The van der Waals surface area contributed by atoms with Crippen molar-refractivity contribution in [3.63, 3.8) is 0 Å². The molecule has 4 aromatic heterocycles. The van der Waals surface area contributed by atoms with Crippen molar-refractivity contribution in [2.45, 2.75) is 6.42 Å². The van der Waals surface area contributed by atoms with Crippen LogP contribution in [-0.4, -0.2) is 33.3 Å². The molecular weight excluding hydrogens is 362 g/mol. The summed E-state index contributed by atoms with van der Waals surface area (Å²) in [5.74, 6) is 0. The van der Waals surface area contributed by atoms with Crippen LogP contribution in [0.2, 0.25) is 0 Å². The minimum atomic E-state index is 0.840. The molecule has 0 aliphatic carbocycles. The Morgan fingerprint density at radius 3 is 2.86 bits per heavy atom. The number of furan rings is 1. The molecule has 0 amide bonds. The monoisotopic (exact) mass is 381 g/mol. The highest BCUT2D eigenvalue weighted by Crippen LogP contribution is 2.34. The molecule has 0 atom stereocenters. The summed E-state index contributed by atoms with van der Waals surface area (Å²) in [5.41, 5.74) is 8.50. The van der Waals surface area contributed by atoms with Gasteiger partial charge in [0.2, 0.25) is 0 Å². The SMILES string of the molecule is C1=C(c2ccc3[nH]nc(-c4cc5c(-c6ccoc6)ccnc5[nH]4)c3c2)CCNC1. The van der Waals surface area contributed by atoms with Crippen molar-refractivity contribution < 1.29 is 4.42 Å². The second-order valence-corrected chi connectivity index (χ2v) is 7.33. The van der Waals surface area contributed by atoms with Gasteiger partial charge in [-0.2, -0.15) is 5.10 Å². The van der Waals surface area contributed by atoms with Crippen LogP contribution in [0.1, 0.15) is 12.0 Å². The molecule has 142 valence electrons. The topological polar surface area (TPSA) is 82.5 Å². The van der Waals surface area contributed by atoms with Crippen LogP contribution in [0.3, 0.4) is 0 Å². The van der Waals surface area contributed by atoms with E-state index < -0.39 is 0 Å². The molecular formula is C23H19N5O. The molecule has 0 saturated heterocycles. The number of benzene rings is 1. The molecule has 5 heterocycles. The summed E-state index contributed by atoms with van der Waals surface area (Å²) < 4.78 is 5.27. The van der Waals surface area contributed by atoms with Crippen LogP contribution in [-0.2, 0) is 0 Å². The zero-order valence-electron chi connectivity index (χ0n) is 15.7. The van der Waals surface area contributed by atoms with Crippen LogP contribution in [0.15, 0.2) is 65.6 Å². The van der Waals surface area contributed by atoms with Crippen LogP contribution in [0.5, 0.6) is 0 Å². The second-order valence-electron chi connectivity index (χ2n) is 7.33. The quantitative estimate of drug-likeness (QED) is 0.421. The molecule has 0 fully saturated rings. The molecule has 0 bridgehead atoms. The fourth-order valence-corrected chi connectivity index (χ4v) is 4.13. The van der Waals surface area contributed by atoms with Gasteiger partial charge in [-0.1, -0.05) is 12.1 Å². The number of hydrogen-bond acceptors (Lipinski definition) is 4. The second kappa shape index (κ2) is 6.46. The van der Waals surface area contributed by atoms with Crippen molar-refractivity contribution >= 4 is 27.5 Å². The Kier molecular flexibility index (Phi) is 3.64. The third-order valence-electron chi connectivity index (χ3n) is 5.62. The molecule has 0 radical (unpaired) electrons. The first kappa shape index (κ1) is 16.3. The standard InChI is InChI=1S/C23H19N5O/c1-2-20-19(11-15(1)14-3-7-24-8-4-14)22(28-27-20)21-12-18-17(16-6-10-29-13-16)5-9-25-23(18)26-21/h1-3,5-6,9-13,24H,4,7-8H2,(H,25,26)(H,27,28). The van der Waals surface area contributed by atoms with Gasteiger partial charge in [0, 0.05) is 29.1 Å². The molecule has 3 N–H and O–H groups in total. The van der Waals surface area contributed by atoms with E-state index in [4.69, 9.17) is 4.42 Å². The molecule has 5 aromatic rings. The molecule has 6 rings (SSSR count). The Hall–Kier alpha value is -3.64. The Morgan fingerprint density at radius 2 is 2.00 bits per heavy atom. The van der Waals surface area contributed by atoms with Gasteiger partial charge in [-0.05, 0) is 60.0 Å². The molecule has 1 aromatic carbocycles. The maximum Gasteiger partial charge on any atom is 0.138 e. The first-order valence-corrected chi connectivity index (χ1v) is 9.76. The highest BCUT2D eigenvalue weighted by atomic mass is 16.3. The predicted octanol–water partition coefficient (Wildman–Crippen LogP) is 4.74. The van der Waals surface area contributed by atoms with E-state index in [2.05, 4.69) is 55.8 Å². The summed E-state index contributed by atoms with van der Waals surface area (Å²) >= 11 is 0. The van der Waals surface area contributed by atoms with E-state index in [1.54, 1.807) is 12.5 Å². The lowest BCUT2D eigenvalue weighted by atomic mass is 9.98. The average Bonchev–Trinajstić information content (AvgIpc) is 3.52. The number of aromatic amines is 2. The van der Waals surface area contributed by atoms with Gasteiger partial charge in [-0.15, -0.1) is 0 Å². The van der Waals surface area contributed by atoms with Gasteiger partial charge in [-0.3, -0.25) is 5.10 Å². The van der Waals surface area contributed by atoms with Gasteiger partial charge < -0.3 is 14.7 Å². The minimum Gasteiger partial charge on any atom is -0.472 e. The summed E-state index contributed by atoms with van der Waals surface area (Å²) in [7, 11) is 0. The molecule has 1 aliphatic rings. The summed E-state index contributed by atoms with van der Waals surface area (Å²) in [6, 6.07) is 12.6. The number of nitrogens with zero attached hydrogens (tertiary/aromatic N) is 2. The third-order valence-corrected chi connectivity index (χ3v) is 5.62. The Bertz CT molecular complexity index is 1360. The van der Waals surface area contributed by atoms with E-state index >= 15 is 0 Å². The van der Waals surface area contributed by atoms with E-state index in [0.29, 0.717) is 0 Å². The van der Waals surface area contributed by atoms with E-state index in [-0.39, 0.29) is 0 Å².